The van der Waals surface area contributed by atoms with Crippen LogP contribution in [0.4, 0.5) is 4.39 Å². The Morgan fingerprint density at radius 2 is 1.80 bits per heavy atom. The number of rotatable bonds is 8. The third-order valence-electron chi connectivity index (χ3n) is 4.60. The van der Waals surface area contributed by atoms with Crippen molar-refractivity contribution < 1.29 is 12.8 Å². The maximum absolute atomic E-state index is 13.6. The summed E-state index contributed by atoms with van der Waals surface area (Å²) >= 11 is 0. The van der Waals surface area contributed by atoms with Gasteiger partial charge in [0.25, 0.3) is 0 Å². The summed E-state index contributed by atoms with van der Waals surface area (Å²) in [6, 6.07) is 13.5. The van der Waals surface area contributed by atoms with Crippen LogP contribution in [0.3, 0.4) is 0 Å². The van der Waals surface area contributed by atoms with E-state index in [1.165, 1.54) is 12.3 Å². The number of nitrogens with one attached hydrogen (secondary N) is 2. The highest BCUT2D eigenvalue weighted by Crippen LogP contribution is 2.18. The minimum absolute atomic E-state index is 0. The third-order valence-corrected chi connectivity index (χ3v) is 5.73. The first-order valence-corrected chi connectivity index (χ1v) is 11.2. The summed E-state index contributed by atoms with van der Waals surface area (Å²) in [7, 11) is 2.42. The predicted molar refractivity (Wildman–Crippen MR) is 131 cm³/mol. The molecule has 30 heavy (non-hydrogen) atoms. The van der Waals surface area contributed by atoms with E-state index in [1.807, 2.05) is 37.2 Å². The molecule has 166 valence electrons. The normalized spacial score (nSPS) is 12.9. The van der Waals surface area contributed by atoms with Crippen LogP contribution >= 0.6 is 24.0 Å². The van der Waals surface area contributed by atoms with Gasteiger partial charge in [0.2, 0.25) is 0 Å². The van der Waals surface area contributed by atoms with Crippen LogP contribution in [0.15, 0.2) is 58.4 Å². The van der Waals surface area contributed by atoms with Crippen LogP contribution in [0.25, 0.3) is 0 Å². The van der Waals surface area contributed by atoms with Crippen LogP contribution in [0, 0.1) is 5.82 Å². The average Bonchev–Trinajstić information content (AvgIpc) is 2.66. The second-order valence-corrected chi connectivity index (χ2v) is 9.10. The fourth-order valence-corrected chi connectivity index (χ4v) is 3.59. The first-order chi connectivity index (χ1) is 13.7. The highest BCUT2D eigenvalue weighted by atomic mass is 127. The lowest BCUT2D eigenvalue weighted by Gasteiger charge is -2.26. The monoisotopic (exact) mass is 548 g/mol. The molecule has 1 atom stereocenters. The molecule has 6 nitrogen and oxygen atoms in total. The number of halogens is 2. The lowest BCUT2D eigenvalue weighted by molar-refractivity contribution is 0.297. The molecule has 2 aromatic rings. The Balaban J connectivity index is 0.00000450. The average molecular weight is 548 g/mol. The molecule has 2 N–H and O–H groups in total. The second-order valence-electron chi connectivity index (χ2n) is 7.08. The molecule has 0 radical (unpaired) electrons. The van der Waals surface area contributed by atoms with Gasteiger partial charge in [0.1, 0.15) is 5.82 Å². The Bertz CT molecular complexity index is 934. The molecule has 0 aliphatic heterocycles. The largest absolute Gasteiger partial charge is 0.356 e. The summed E-state index contributed by atoms with van der Waals surface area (Å²) in [6.45, 7) is 1.21. The molecule has 2 aromatic carbocycles. The Hall–Kier alpha value is -1.72. The van der Waals surface area contributed by atoms with E-state index in [1.54, 1.807) is 31.3 Å². The summed E-state index contributed by atoms with van der Waals surface area (Å²) in [4.78, 5) is 6.58. The second kappa shape index (κ2) is 12.2. The van der Waals surface area contributed by atoms with E-state index < -0.39 is 9.84 Å². The number of guanidine groups is 1. The molecule has 1 unspecified atom stereocenters. The summed E-state index contributed by atoms with van der Waals surface area (Å²) < 4.78 is 36.6. The molecule has 0 saturated heterocycles. The Morgan fingerprint density at radius 3 is 2.33 bits per heavy atom. The van der Waals surface area contributed by atoms with E-state index in [9.17, 15) is 12.8 Å². The van der Waals surface area contributed by atoms with Crippen LogP contribution in [0.2, 0.25) is 0 Å². The fourth-order valence-electron chi connectivity index (χ4n) is 2.95. The van der Waals surface area contributed by atoms with Crippen molar-refractivity contribution in [2.75, 3.05) is 40.5 Å². The van der Waals surface area contributed by atoms with Crippen molar-refractivity contribution in [1.82, 2.24) is 15.5 Å². The molecule has 0 aromatic heterocycles. The summed E-state index contributed by atoms with van der Waals surface area (Å²) in [6.07, 6.45) is 1.93. The number of hydrogen-bond donors (Lipinski definition) is 2. The summed E-state index contributed by atoms with van der Waals surface area (Å²) in [5.74, 6) is 0.403. The molecule has 0 aliphatic rings. The van der Waals surface area contributed by atoms with E-state index in [-0.39, 0.29) is 35.8 Å². The lowest BCUT2D eigenvalue weighted by atomic mass is 10.1. The minimum atomic E-state index is -3.18. The van der Waals surface area contributed by atoms with Gasteiger partial charge in [-0.2, -0.15) is 0 Å². The van der Waals surface area contributed by atoms with Gasteiger partial charge in [0.15, 0.2) is 15.8 Å². The first-order valence-electron chi connectivity index (χ1n) is 9.36. The maximum atomic E-state index is 13.6. The number of hydrogen-bond acceptors (Lipinski definition) is 4. The number of benzene rings is 2. The smallest absolute Gasteiger partial charge is 0.191 e. The quantitative estimate of drug-likeness (QED) is 0.302. The van der Waals surface area contributed by atoms with Crippen LogP contribution in [0.5, 0.6) is 0 Å². The Labute approximate surface area is 195 Å². The molecule has 0 saturated carbocycles. The lowest BCUT2D eigenvalue weighted by Crippen LogP contribution is -2.42. The number of aliphatic imine (C=N–C) groups is 1. The minimum Gasteiger partial charge on any atom is -0.356 e. The van der Waals surface area contributed by atoms with Crippen molar-refractivity contribution in [3.05, 3.63) is 65.5 Å². The van der Waals surface area contributed by atoms with E-state index in [2.05, 4.69) is 15.6 Å². The molecule has 0 fully saturated rings. The molecule has 0 heterocycles. The van der Waals surface area contributed by atoms with Crippen molar-refractivity contribution in [3.8, 4) is 0 Å². The van der Waals surface area contributed by atoms with Gasteiger partial charge < -0.3 is 15.5 Å². The van der Waals surface area contributed by atoms with E-state index in [4.69, 9.17) is 0 Å². The van der Waals surface area contributed by atoms with Gasteiger partial charge in [0.05, 0.1) is 10.9 Å². The van der Waals surface area contributed by atoms with Gasteiger partial charge in [-0.25, -0.2) is 12.8 Å². The molecule has 2 rings (SSSR count). The highest BCUT2D eigenvalue weighted by Gasteiger charge is 2.15. The van der Waals surface area contributed by atoms with Gasteiger partial charge >= 0.3 is 0 Å². The Kier molecular flexibility index (Phi) is 10.7. The zero-order valence-corrected chi connectivity index (χ0v) is 20.9. The zero-order valence-electron chi connectivity index (χ0n) is 17.7. The number of likely N-dealkylation sites (N-methyl/N-ethyl adjacent to an activating group) is 1. The van der Waals surface area contributed by atoms with E-state index >= 15 is 0 Å². The highest BCUT2D eigenvalue weighted by molar-refractivity contribution is 14.0. The van der Waals surface area contributed by atoms with Crippen molar-refractivity contribution in [1.29, 1.82) is 0 Å². The molecule has 9 heteroatoms. The standard InChI is InChI=1S/C21H29FN4O2S.HI/c1-23-21(24-13-12-16-8-10-19(11-9-16)29(4,27)28)25-15-20(26(2)3)17-6-5-7-18(22)14-17;/h5-11,14,20H,12-13,15H2,1-4H3,(H2,23,24,25);1H. The van der Waals surface area contributed by atoms with Gasteiger partial charge in [-0.05, 0) is 55.9 Å². The zero-order chi connectivity index (χ0) is 21.4. The van der Waals surface area contributed by atoms with Crippen LogP contribution in [-0.2, 0) is 16.3 Å². The topological polar surface area (TPSA) is 73.8 Å². The SMILES string of the molecule is CN=C(NCCc1ccc(S(C)(=O)=O)cc1)NCC(c1cccc(F)c1)N(C)C.I. The molecule has 0 spiro atoms. The van der Waals surface area contributed by atoms with E-state index in [0.717, 1.165) is 17.5 Å². The predicted octanol–water partition coefficient (Wildman–Crippen LogP) is 2.86. The van der Waals surface area contributed by atoms with Crippen molar-refractivity contribution in [2.45, 2.75) is 17.4 Å². The van der Waals surface area contributed by atoms with Crippen LogP contribution in [-0.4, -0.2) is 59.8 Å². The van der Waals surface area contributed by atoms with Gasteiger partial charge in [0, 0.05) is 26.4 Å². The molecular weight excluding hydrogens is 518 g/mol. The third kappa shape index (κ3) is 8.19. The Morgan fingerprint density at radius 1 is 1.13 bits per heavy atom. The van der Waals surface area contributed by atoms with Crippen molar-refractivity contribution in [2.24, 2.45) is 4.99 Å². The van der Waals surface area contributed by atoms with Gasteiger partial charge in [-0.15, -0.1) is 24.0 Å². The van der Waals surface area contributed by atoms with Crippen LogP contribution < -0.4 is 10.6 Å². The summed E-state index contributed by atoms with van der Waals surface area (Å²) in [5.41, 5.74) is 1.93. The molecular formula is C21H30FIN4O2S. The van der Waals surface area contributed by atoms with Gasteiger partial charge in [-0.1, -0.05) is 24.3 Å². The van der Waals surface area contributed by atoms with E-state index in [0.29, 0.717) is 23.9 Å². The van der Waals surface area contributed by atoms with Crippen molar-refractivity contribution in [3.63, 3.8) is 0 Å². The van der Waals surface area contributed by atoms with Crippen molar-refractivity contribution >= 4 is 39.8 Å². The number of nitrogens with zero attached hydrogens (tertiary/aromatic N) is 2. The maximum Gasteiger partial charge on any atom is 0.191 e. The molecule has 0 aliphatic carbocycles. The summed E-state index contributed by atoms with van der Waals surface area (Å²) in [5, 5.41) is 6.53. The number of sulfone groups is 1. The molecule has 0 amide bonds. The molecule has 0 bridgehead atoms. The first kappa shape index (κ1) is 26.3. The van der Waals surface area contributed by atoms with Gasteiger partial charge in [-0.3, -0.25) is 4.99 Å². The fraction of sp³-hybridized carbons (Fsp3) is 0.381. The van der Waals surface area contributed by atoms with Crippen LogP contribution in [0.1, 0.15) is 17.2 Å².